The monoisotopic (exact) mass is 510 g/mol. The van der Waals surface area contributed by atoms with Gasteiger partial charge in [0, 0.05) is 26.1 Å². The summed E-state index contributed by atoms with van der Waals surface area (Å²) in [5.41, 5.74) is 2.09. The van der Waals surface area contributed by atoms with Crippen LogP contribution in [0.1, 0.15) is 38.3 Å². The third kappa shape index (κ3) is 10.5. The van der Waals surface area contributed by atoms with Gasteiger partial charge in [-0.25, -0.2) is 0 Å². The van der Waals surface area contributed by atoms with Crippen molar-refractivity contribution in [2.75, 3.05) is 53.1 Å². The molecule has 36 heavy (non-hydrogen) atoms. The third-order valence-electron chi connectivity index (χ3n) is 6.42. The number of ketones is 1. The number of aliphatic hydroxyl groups is 3. The van der Waals surface area contributed by atoms with Crippen LogP contribution >= 0.6 is 0 Å². The standard InChI is InChI=1S/C27H46N2O7/c1-19(2)9-11-29(12-14-35-16-15-34-13-10-28-4)18-22-7-5-21(6-8-22)17-23-24(31)25(32)26(33)27(36-23)20(3)30/h5-8,19,23-28,31-33H,9-18H2,1-4H3. The van der Waals surface area contributed by atoms with E-state index in [1.807, 2.05) is 19.2 Å². The number of carbonyl (C=O) groups excluding carboxylic acids is 1. The summed E-state index contributed by atoms with van der Waals surface area (Å²) in [4.78, 5) is 14.2. The fourth-order valence-corrected chi connectivity index (χ4v) is 4.13. The molecule has 1 saturated heterocycles. The SMILES string of the molecule is CNCCOCCOCCN(CCC(C)C)Cc1ccc(CC2OC(C(C)=O)C(O)C(O)C2O)cc1. The summed E-state index contributed by atoms with van der Waals surface area (Å²) in [6.07, 6.45) is -4.59. The minimum absolute atomic E-state index is 0.330. The first-order valence-electron chi connectivity index (χ1n) is 13.0. The van der Waals surface area contributed by atoms with Crippen molar-refractivity contribution in [3.8, 4) is 0 Å². The number of benzene rings is 1. The molecule has 5 unspecified atom stereocenters. The van der Waals surface area contributed by atoms with Gasteiger partial charge in [-0.2, -0.15) is 0 Å². The maximum atomic E-state index is 11.8. The van der Waals surface area contributed by atoms with E-state index in [0.29, 0.717) is 38.8 Å². The van der Waals surface area contributed by atoms with Crippen molar-refractivity contribution < 1.29 is 34.3 Å². The van der Waals surface area contributed by atoms with Crippen molar-refractivity contribution in [2.45, 2.75) is 70.7 Å². The lowest BCUT2D eigenvalue weighted by Crippen LogP contribution is -2.59. The number of aliphatic hydroxyl groups excluding tert-OH is 3. The van der Waals surface area contributed by atoms with E-state index in [1.165, 1.54) is 12.5 Å². The van der Waals surface area contributed by atoms with Crippen LogP contribution in [0.3, 0.4) is 0 Å². The van der Waals surface area contributed by atoms with E-state index in [9.17, 15) is 20.1 Å². The molecule has 2 rings (SSSR count). The van der Waals surface area contributed by atoms with Gasteiger partial charge in [-0.1, -0.05) is 38.1 Å². The first kappa shape index (κ1) is 30.8. The van der Waals surface area contributed by atoms with Crippen molar-refractivity contribution in [3.05, 3.63) is 35.4 Å². The second-order valence-electron chi connectivity index (χ2n) is 9.99. The average molecular weight is 511 g/mol. The molecule has 0 aromatic heterocycles. The number of rotatable bonds is 17. The second-order valence-corrected chi connectivity index (χ2v) is 9.99. The Balaban J connectivity index is 1.87. The van der Waals surface area contributed by atoms with E-state index in [0.717, 1.165) is 38.2 Å². The highest BCUT2D eigenvalue weighted by atomic mass is 16.5. The van der Waals surface area contributed by atoms with Crippen molar-refractivity contribution in [3.63, 3.8) is 0 Å². The maximum absolute atomic E-state index is 11.8. The van der Waals surface area contributed by atoms with Crippen LogP contribution in [0.25, 0.3) is 0 Å². The molecule has 0 saturated carbocycles. The largest absolute Gasteiger partial charge is 0.388 e. The minimum atomic E-state index is -1.43. The predicted molar refractivity (Wildman–Crippen MR) is 138 cm³/mol. The molecule has 1 aromatic carbocycles. The van der Waals surface area contributed by atoms with Gasteiger partial charge in [0.15, 0.2) is 5.78 Å². The molecule has 1 fully saturated rings. The van der Waals surface area contributed by atoms with Gasteiger partial charge in [-0.3, -0.25) is 9.69 Å². The van der Waals surface area contributed by atoms with Crippen LogP contribution in [0.2, 0.25) is 0 Å². The molecule has 1 aliphatic heterocycles. The van der Waals surface area contributed by atoms with Gasteiger partial charge in [0.1, 0.15) is 24.4 Å². The van der Waals surface area contributed by atoms with Gasteiger partial charge in [0.05, 0.1) is 32.5 Å². The Bertz CT molecular complexity index is 746. The zero-order chi connectivity index (χ0) is 26.5. The lowest BCUT2D eigenvalue weighted by Gasteiger charge is -2.39. The van der Waals surface area contributed by atoms with E-state index in [2.05, 4.69) is 36.2 Å². The van der Waals surface area contributed by atoms with Crippen molar-refractivity contribution in [1.29, 1.82) is 0 Å². The van der Waals surface area contributed by atoms with Crippen LogP contribution in [-0.2, 0) is 32.0 Å². The number of hydrogen-bond donors (Lipinski definition) is 4. The van der Waals surface area contributed by atoms with E-state index >= 15 is 0 Å². The van der Waals surface area contributed by atoms with E-state index < -0.39 is 30.5 Å². The van der Waals surface area contributed by atoms with Gasteiger partial charge in [0.2, 0.25) is 0 Å². The van der Waals surface area contributed by atoms with Gasteiger partial charge in [-0.05, 0) is 44.0 Å². The van der Waals surface area contributed by atoms with Crippen LogP contribution in [0.15, 0.2) is 24.3 Å². The van der Waals surface area contributed by atoms with Crippen molar-refractivity contribution in [1.82, 2.24) is 10.2 Å². The minimum Gasteiger partial charge on any atom is -0.388 e. The number of nitrogens with zero attached hydrogens (tertiary/aromatic N) is 1. The Morgan fingerprint density at radius 2 is 1.61 bits per heavy atom. The molecule has 0 bridgehead atoms. The van der Waals surface area contributed by atoms with E-state index in [4.69, 9.17) is 14.2 Å². The highest BCUT2D eigenvalue weighted by Gasteiger charge is 2.45. The number of likely N-dealkylation sites (N-methyl/N-ethyl adjacent to an activating group) is 1. The van der Waals surface area contributed by atoms with E-state index in [-0.39, 0.29) is 5.78 Å². The maximum Gasteiger partial charge on any atom is 0.161 e. The molecule has 0 radical (unpaired) electrons. The fourth-order valence-electron chi connectivity index (χ4n) is 4.13. The van der Waals surface area contributed by atoms with Crippen LogP contribution in [0.5, 0.6) is 0 Å². The van der Waals surface area contributed by atoms with Gasteiger partial charge in [0.25, 0.3) is 0 Å². The Hall–Kier alpha value is -1.43. The summed E-state index contributed by atoms with van der Waals surface area (Å²) < 4.78 is 16.9. The molecule has 1 aliphatic rings. The lowest BCUT2D eigenvalue weighted by atomic mass is 9.90. The fraction of sp³-hybridized carbons (Fsp3) is 0.741. The average Bonchev–Trinajstić information content (AvgIpc) is 2.85. The lowest BCUT2D eigenvalue weighted by molar-refractivity contribution is -0.218. The molecule has 0 amide bonds. The van der Waals surface area contributed by atoms with Gasteiger partial charge < -0.3 is 34.8 Å². The van der Waals surface area contributed by atoms with Crippen LogP contribution in [0, 0.1) is 5.92 Å². The first-order valence-corrected chi connectivity index (χ1v) is 13.0. The molecule has 9 nitrogen and oxygen atoms in total. The topological polar surface area (TPSA) is 121 Å². The Morgan fingerprint density at radius 3 is 2.22 bits per heavy atom. The molecule has 0 aliphatic carbocycles. The molecule has 1 heterocycles. The summed E-state index contributed by atoms with van der Waals surface area (Å²) in [5.74, 6) is 0.242. The van der Waals surface area contributed by atoms with Crippen molar-refractivity contribution >= 4 is 5.78 Å². The molecule has 206 valence electrons. The molecule has 9 heteroatoms. The van der Waals surface area contributed by atoms with Gasteiger partial charge >= 0.3 is 0 Å². The molecule has 1 aromatic rings. The summed E-state index contributed by atoms with van der Waals surface area (Å²) in [7, 11) is 1.90. The molecular weight excluding hydrogens is 464 g/mol. The number of Topliss-reactive ketones (excluding diaryl/α,β-unsaturated/α-hetero) is 1. The first-order chi connectivity index (χ1) is 17.2. The highest BCUT2D eigenvalue weighted by molar-refractivity contribution is 5.81. The molecular formula is C27H46N2O7. The predicted octanol–water partition coefficient (Wildman–Crippen LogP) is 0.769. The third-order valence-corrected chi connectivity index (χ3v) is 6.42. The van der Waals surface area contributed by atoms with Crippen LogP contribution in [-0.4, -0.2) is 110 Å². The van der Waals surface area contributed by atoms with Crippen molar-refractivity contribution in [2.24, 2.45) is 5.92 Å². The zero-order valence-electron chi connectivity index (χ0n) is 22.3. The molecule has 5 atom stereocenters. The summed E-state index contributed by atoms with van der Waals surface area (Å²) in [5, 5.41) is 33.5. The van der Waals surface area contributed by atoms with Gasteiger partial charge in [-0.15, -0.1) is 0 Å². The molecule has 4 N–H and O–H groups in total. The number of carbonyl (C=O) groups is 1. The highest BCUT2D eigenvalue weighted by Crippen LogP contribution is 2.25. The van der Waals surface area contributed by atoms with Crippen LogP contribution in [0.4, 0.5) is 0 Å². The molecule has 0 spiro atoms. The van der Waals surface area contributed by atoms with Crippen LogP contribution < -0.4 is 5.32 Å². The Morgan fingerprint density at radius 1 is 0.972 bits per heavy atom. The number of hydrogen-bond acceptors (Lipinski definition) is 9. The summed E-state index contributed by atoms with van der Waals surface area (Å²) in [6.45, 7) is 11.7. The normalized spacial score (nSPS) is 24.5. The summed E-state index contributed by atoms with van der Waals surface area (Å²) in [6, 6.07) is 8.06. The van der Waals surface area contributed by atoms with E-state index in [1.54, 1.807) is 0 Å². The Labute approximate surface area is 215 Å². The quantitative estimate of drug-likeness (QED) is 0.225. The zero-order valence-corrected chi connectivity index (χ0v) is 22.3. The second kappa shape index (κ2) is 16.4. The summed E-state index contributed by atoms with van der Waals surface area (Å²) >= 11 is 0. The Kier molecular flexibility index (Phi) is 14.0. The smallest absolute Gasteiger partial charge is 0.161 e. The number of ether oxygens (including phenoxy) is 3. The number of nitrogens with one attached hydrogen (secondary N) is 1.